The van der Waals surface area contributed by atoms with Crippen LogP contribution in [0.2, 0.25) is 6.04 Å². The molecule has 0 aliphatic carbocycles. The van der Waals surface area contributed by atoms with Crippen molar-refractivity contribution in [1.29, 1.82) is 0 Å². The van der Waals surface area contributed by atoms with Crippen molar-refractivity contribution in [3.8, 4) is 0 Å². The van der Waals surface area contributed by atoms with Crippen molar-refractivity contribution < 1.29 is 18.6 Å². The molecule has 0 heterocycles. The molecule has 0 aliphatic rings. The van der Waals surface area contributed by atoms with Crippen LogP contribution in [0.3, 0.4) is 0 Å². The van der Waals surface area contributed by atoms with Crippen molar-refractivity contribution in [3.05, 3.63) is 0 Å². The molecule has 0 atom stereocenters. The summed E-state index contributed by atoms with van der Waals surface area (Å²) in [5, 5.41) is 0. The molecule has 0 aromatic carbocycles. The minimum atomic E-state index is -1.02. The van der Waals surface area contributed by atoms with Gasteiger partial charge in [-0.1, -0.05) is 0 Å². The second-order valence-electron chi connectivity index (χ2n) is 3.43. The number of alkyl halides is 1. The van der Waals surface area contributed by atoms with Gasteiger partial charge < -0.3 is 18.6 Å². The third-order valence-electron chi connectivity index (χ3n) is 2.04. The summed E-state index contributed by atoms with van der Waals surface area (Å²) in [5.74, 6) is -0.323. The highest BCUT2D eigenvalue weighted by molar-refractivity contribution is 6.27. The molecule has 0 saturated heterocycles. The van der Waals surface area contributed by atoms with Gasteiger partial charge in [-0.25, -0.2) is 0 Å². The van der Waals surface area contributed by atoms with Crippen LogP contribution in [0.25, 0.3) is 0 Å². The van der Waals surface area contributed by atoms with Gasteiger partial charge in [0.05, 0.1) is 0 Å². The Kier molecular flexibility index (Phi) is 11.7. The van der Waals surface area contributed by atoms with Gasteiger partial charge in [-0.15, -0.1) is 11.6 Å². The second-order valence-corrected chi connectivity index (χ2v) is 5.33. The maximum Gasteiger partial charge on any atom is 0.306 e. The zero-order chi connectivity index (χ0) is 13.0. The molecule has 0 unspecified atom stereocenters. The minimum absolute atomic E-state index is 0.344. The van der Waals surface area contributed by atoms with Gasteiger partial charge >= 0.3 is 5.97 Å². The average molecular weight is 285 g/mol. The molecular formula is C11H25ClO4Si. The van der Waals surface area contributed by atoms with Crippen molar-refractivity contribution in [2.75, 3.05) is 32.3 Å². The van der Waals surface area contributed by atoms with Gasteiger partial charge in [0.25, 0.3) is 0 Å². The number of rotatable bonds is 12. The number of halogens is 1. The summed E-state index contributed by atoms with van der Waals surface area (Å²) in [6.45, 7) is 7.69. The highest BCUT2D eigenvalue weighted by Gasteiger charge is 2.32. The van der Waals surface area contributed by atoms with E-state index in [1.807, 2.05) is 20.8 Å². The van der Waals surface area contributed by atoms with Crippen LogP contribution < -0.4 is 0 Å². The van der Waals surface area contributed by atoms with Gasteiger partial charge in [-0.2, -0.15) is 0 Å². The highest BCUT2D eigenvalue weighted by Crippen LogP contribution is 2.16. The fourth-order valence-corrected chi connectivity index (χ4v) is 2.96. The predicted molar refractivity (Wildman–Crippen MR) is 72.2 cm³/mol. The summed E-state index contributed by atoms with van der Waals surface area (Å²) >= 11 is 5.61. The first-order chi connectivity index (χ1) is 8.24. The molecule has 0 aromatic rings. The molecule has 0 radical (unpaired) electrons. The quantitative estimate of drug-likeness (QED) is 0.237. The first-order valence-electron chi connectivity index (χ1n) is 6.30. The maximum absolute atomic E-state index is 5.66. The third-order valence-corrected chi connectivity index (χ3v) is 3.59. The van der Waals surface area contributed by atoms with E-state index in [2.05, 4.69) is 0 Å². The Labute approximate surface area is 112 Å². The topological polar surface area (TPSA) is 36.9 Å². The van der Waals surface area contributed by atoms with Gasteiger partial charge in [0, 0.05) is 25.7 Å². The fraction of sp³-hybridized carbons (Fsp3) is 1.00. The maximum atomic E-state index is 5.66. The van der Waals surface area contributed by atoms with E-state index in [0.717, 1.165) is 12.5 Å². The molecule has 0 N–H and O–H groups in total. The summed E-state index contributed by atoms with van der Waals surface area (Å²) in [6, 6.07) is 1.07. The molecule has 0 fully saturated rings. The van der Waals surface area contributed by atoms with Crippen LogP contribution in [0.1, 0.15) is 27.2 Å². The molecule has 0 amide bonds. The SMILES string of the molecule is CCOC(CO[SiH2]CCCCl)(OCC)OCC. The predicted octanol–water partition coefficient (Wildman–Crippen LogP) is 1.90. The Hall–Kier alpha value is 0.347. The fourth-order valence-electron chi connectivity index (χ4n) is 1.41. The zero-order valence-electron chi connectivity index (χ0n) is 11.2. The molecule has 0 aromatic heterocycles. The Balaban J connectivity index is 4.05. The smallest absolute Gasteiger partial charge is 0.306 e. The first kappa shape index (κ1) is 17.3. The summed E-state index contributed by atoms with van der Waals surface area (Å²) in [6.07, 6.45) is 1.01. The lowest BCUT2D eigenvalue weighted by molar-refractivity contribution is -0.385. The van der Waals surface area contributed by atoms with E-state index in [0.29, 0.717) is 32.3 Å². The molecule has 0 spiro atoms. The third kappa shape index (κ3) is 8.13. The van der Waals surface area contributed by atoms with Gasteiger partial charge in [0.1, 0.15) is 6.61 Å². The molecule has 17 heavy (non-hydrogen) atoms. The number of hydrogen-bond donors (Lipinski definition) is 0. The van der Waals surface area contributed by atoms with E-state index in [-0.39, 0.29) is 0 Å². The summed E-state index contributed by atoms with van der Waals surface area (Å²) < 4.78 is 22.3. The van der Waals surface area contributed by atoms with Crippen LogP contribution >= 0.6 is 11.6 Å². The molecule has 104 valence electrons. The normalized spacial score (nSPS) is 12.7. The molecule has 0 aliphatic heterocycles. The van der Waals surface area contributed by atoms with E-state index in [9.17, 15) is 0 Å². The van der Waals surface area contributed by atoms with Crippen molar-refractivity contribution in [1.82, 2.24) is 0 Å². The van der Waals surface area contributed by atoms with Crippen molar-refractivity contribution in [2.45, 2.75) is 39.2 Å². The average Bonchev–Trinajstić information content (AvgIpc) is 2.30. The molecule has 4 nitrogen and oxygen atoms in total. The van der Waals surface area contributed by atoms with Gasteiger partial charge in [-0.3, -0.25) is 0 Å². The van der Waals surface area contributed by atoms with E-state index < -0.39 is 15.7 Å². The van der Waals surface area contributed by atoms with E-state index >= 15 is 0 Å². The van der Waals surface area contributed by atoms with Crippen LogP contribution in [0.5, 0.6) is 0 Å². The molecule has 0 saturated carbocycles. The number of hydrogen-bond acceptors (Lipinski definition) is 4. The lowest BCUT2D eigenvalue weighted by Gasteiger charge is -2.32. The summed E-state index contributed by atoms with van der Waals surface area (Å²) in [7, 11) is -0.555. The Morgan fingerprint density at radius 2 is 1.53 bits per heavy atom. The Morgan fingerprint density at radius 3 is 1.94 bits per heavy atom. The standard InChI is InChI=1S/C11H25ClO4Si/c1-4-13-11(14-5-2,15-6-3)10-16-17-9-7-8-12/h4-10,17H2,1-3H3. The van der Waals surface area contributed by atoms with Crippen LogP contribution in [-0.2, 0) is 18.6 Å². The van der Waals surface area contributed by atoms with E-state index in [1.54, 1.807) is 0 Å². The summed E-state index contributed by atoms with van der Waals surface area (Å²) in [4.78, 5) is 0. The largest absolute Gasteiger partial charge is 0.416 e. The van der Waals surface area contributed by atoms with Crippen LogP contribution in [0.15, 0.2) is 0 Å². The van der Waals surface area contributed by atoms with Gasteiger partial charge in [-0.05, 0) is 33.2 Å². The van der Waals surface area contributed by atoms with Crippen LogP contribution in [0.4, 0.5) is 0 Å². The molecule has 0 rings (SSSR count). The van der Waals surface area contributed by atoms with E-state index in [4.69, 9.17) is 30.2 Å². The molecule has 6 heteroatoms. The van der Waals surface area contributed by atoms with E-state index in [1.165, 1.54) is 0 Å². The van der Waals surface area contributed by atoms with Crippen molar-refractivity contribution in [2.24, 2.45) is 0 Å². The number of ether oxygens (including phenoxy) is 3. The second kappa shape index (κ2) is 11.4. The van der Waals surface area contributed by atoms with Gasteiger partial charge in [0.2, 0.25) is 0 Å². The Morgan fingerprint density at radius 1 is 1.00 bits per heavy atom. The first-order valence-corrected chi connectivity index (χ1v) is 8.41. The zero-order valence-corrected chi connectivity index (χ0v) is 13.3. The molecular weight excluding hydrogens is 260 g/mol. The van der Waals surface area contributed by atoms with Crippen LogP contribution in [0, 0.1) is 0 Å². The molecule has 0 bridgehead atoms. The lowest BCUT2D eigenvalue weighted by atomic mass is 10.5. The minimum Gasteiger partial charge on any atom is -0.416 e. The van der Waals surface area contributed by atoms with Crippen molar-refractivity contribution in [3.63, 3.8) is 0 Å². The van der Waals surface area contributed by atoms with Gasteiger partial charge in [0.15, 0.2) is 9.76 Å². The van der Waals surface area contributed by atoms with Crippen LogP contribution in [-0.4, -0.2) is 48.0 Å². The van der Waals surface area contributed by atoms with Crippen molar-refractivity contribution >= 4 is 21.4 Å². The highest BCUT2D eigenvalue weighted by atomic mass is 35.5. The monoisotopic (exact) mass is 284 g/mol. The summed E-state index contributed by atoms with van der Waals surface area (Å²) in [5.41, 5.74) is 0. The lowest BCUT2D eigenvalue weighted by Crippen LogP contribution is -2.44. The Bertz CT molecular complexity index is 155.